The smallest absolute Gasteiger partial charge is 0.264 e. The first kappa shape index (κ1) is 34.1. The number of likely N-dealkylation sites (N-methyl/N-ethyl adjacent to an activating group) is 1. The SMILES string of the molecule is CNC(=O)C(Cc1ccccc1)N(Cc1ccc(Cl)cc1Cl)C(=O)CN(c1cc(Cl)ccc1OC)S(=O)(=O)c1ccc(C)cc1. The lowest BCUT2D eigenvalue weighted by molar-refractivity contribution is -0.139. The molecule has 0 saturated carbocycles. The molecule has 0 spiro atoms. The van der Waals surface area contributed by atoms with E-state index in [0.29, 0.717) is 10.6 Å². The Bertz CT molecular complexity index is 1770. The number of hydrogen-bond donors (Lipinski definition) is 1. The Kier molecular flexibility index (Phi) is 11.4. The third kappa shape index (κ3) is 8.29. The molecular formula is C33H32Cl3N3O5S. The van der Waals surface area contributed by atoms with Crippen molar-refractivity contribution in [3.63, 3.8) is 0 Å². The number of amides is 2. The van der Waals surface area contributed by atoms with Crippen molar-refractivity contribution in [1.82, 2.24) is 10.2 Å². The predicted octanol–water partition coefficient (Wildman–Crippen LogP) is 6.55. The van der Waals surface area contributed by atoms with E-state index in [0.717, 1.165) is 15.4 Å². The summed E-state index contributed by atoms with van der Waals surface area (Å²) in [6.07, 6.45) is 0.155. The number of nitrogens with zero attached hydrogens (tertiary/aromatic N) is 2. The van der Waals surface area contributed by atoms with Crippen molar-refractivity contribution < 1.29 is 22.7 Å². The fourth-order valence-electron chi connectivity index (χ4n) is 4.76. The number of sulfonamides is 1. The van der Waals surface area contributed by atoms with Crippen LogP contribution in [0.3, 0.4) is 0 Å². The molecule has 0 bridgehead atoms. The minimum absolute atomic E-state index is 0.0395. The molecule has 45 heavy (non-hydrogen) atoms. The molecule has 0 aliphatic heterocycles. The van der Waals surface area contributed by atoms with Crippen LogP contribution in [0.25, 0.3) is 0 Å². The minimum Gasteiger partial charge on any atom is -0.495 e. The zero-order valence-electron chi connectivity index (χ0n) is 24.8. The summed E-state index contributed by atoms with van der Waals surface area (Å²) in [4.78, 5) is 29.2. The normalized spacial score (nSPS) is 11.9. The van der Waals surface area contributed by atoms with Gasteiger partial charge in [0.25, 0.3) is 10.0 Å². The summed E-state index contributed by atoms with van der Waals surface area (Å²) < 4.78 is 34.9. The van der Waals surface area contributed by atoms with E-state index in [2.05, 4.69) is 5.32 Å². The number of carbonyl (C=O) groups excluding carboxylic acids is 2. The number of aryl methyl sites for hydroxylation is 1. The molecule has 0 radical (unpaired) electrons. The average molecular weight is 689 g/mol. The maximum atomic E-state index is 14.5. The van der Waals surface area contributed by atoms with Gasteiger partial charge in [-0.3, -0.25) is 13.9 Å². The highest BCUT2D eigenvalue weighted by Crippen LogP contribution is 2.35. The van der Waals surface area contributed by atoms with Crippen LogP contribution in [0.5, 0.6) is 5.75 Å². The Balaban J connectivity index is 1.86. The highest BCUT2D eigenvalue weighted by atomic mass is 35.5. The zero-order chi connectivity index (χ0) is 32.7. The number of halogens is 3. The molecule has 0 aromatic heterocycles. The van der Waals surface area contributed by atoms with Gasteiger partial charge in [0.15, 0.2) is 0 Å². The van der Waals surface area contributed by atoms with E-state index in [1.165, 1.54) is 49.4 Å². The van der Waals surface area contributed by atoms with Crippen LogP contribution in [0.2, 0.25) is 15.1 Å². The van der Waals surface area contributed by atoms with Crippen molar-refractivity contribution in [3.8, 4) is 5.75 Å². The molecule has 1 unspecified atom stereocenters. The van der Waals surface area contributed by atoms with Crippen molar-refractivity contribution in [2.24, 2.45) is 0 Å². The van der Waals surface area contributed by atoms with Crippen LogP contribution in [-0.2, 0) is 32.6 Å². The van der Waals surface area contributed by atoms with E-state index < -0.39 is 34.4 Å². The molecule has 8 nitrogen and oxygen atoms in total. The van der Waals surface area contributed by atoms with Gasteiger partial charge in [-0.2, -0.15) is 0 Å². The van der Waals surface area contributed by atoms with Gasteiger partial charge in [0, 0.05) is 35.1 Å². The number of hydrogen-bond acceptors (Lipinski definition) is 5. The zero-order valence-corrected chi connectivity index (χ0v) is 27.9. The number of benzene rings is 4. The molecule has 4 rings (SSSR count). The second-order valence-electron chi connectivity index (χ2n) is 10.2. The van der Waals surface area contributed by atoms with Gasteiger partial charge >= 0.3 is 0 Å². The molecule has 0 heterocycles. The second kappa shape index (κ2) is 15.0. The Morgan fingerprint density at radius 1 is 0.889 bits per heavy atom. The van der Waals surface area contributed by atoms with Crippen LogP contribution in [0.15, 0.2) is 95.9 Å². The molecule has 2 amide bonds. The van der Waals surface area contributed by atoms with Crippen molar-refractivity contribution in [3.05, 3.63) is 123 Å². The van der Waals surface area contributed by atoms with Crippen LogP contribution in [0, 0.1) is 6.92 Å². The topological polar surface area (TPSA) is 96.0 Å². The molecule has 0 fully saturated rings. The lowest BCUT2D eigenvalue weighted by atomic mass is 10.0. The minimum atomic E-state index is -4.34. The standard InChI is InChI=1S/C33H32Cl3N3O5S/c1-22-9-14-27(15-10-22)45(42,43)39(29-19-26(35)13-16-31(29)44-3)21-32(40)38(20-24-11-12-25(34)18-28(24)36)30(33(41)37-2)17-23-7-5-4-6-8-23/h4-16,18-19,30H,17,20-21H2,1-3H3,(H,37,41). The van der Waals surface area contributed by atoms with E-state index >= 15 is 0 Å². The van der Waals surface area contributed by atoms with Crippen LogP contribution in [-0.4, -0.2) is 51.9 Å². The number of rotatable bonds is 12. The van der Waals surface area contributed by atoms with Crippen molar-refractivity contribution in [2.75, 3.05) is 25.0 Å². The number of anilines is 1. The van der Waals surface area contributed by atoms with Gasteiger partial charge in [-0.25, -0.2) is 8.42 Å². The van der Waals surface area contributed by atoms with Gasteiger partial charge in [-0.15, -0.1) is 0 Å². The molecule has 12 heteroatoms. The first-order chi connectivity index (χ1) is 21.4. The number of ether oxygens (including phenoxy) is 1. The molecule has 0 saturated heterocycles. The van der Waals surface area contributed by atoms with Crippen LogP contribution >= 0.6 is 34.8 Å². The van der Waals surface area contributed by atoms with Crippen LogP contribution < -0.4 is 14.4 Å². The molecule has 1 atom stereocenters. The molecule has 236 valence electrons. The summed E-state index contributed by atoms with van der Waals surface area (Å²) in [7, 11) is -1.48. The monoisotopic (exact) mass is 687 g/mol. The fraction of sp³-hybridized carbons (Fsp3) is 0.212. The summed E-state index contributed by atoms with van der Waals surface area (Å²) in [5, 5.41) is 3.57. The first-order valence-electron chi connectivity index (χ1n) is 13.9. The van der Waals surface area contributed by atoms with E-state index in [-0.39, 0.29) is 39.3 Å². The maximum Gasteiger partial charge on any atom is 0.264 e. The van der Waals surface area contributed by atoms with E-state index in [1.807, 2.05) is 37.3 Å². The Morgan fingerprint density at radius 2 is 1.53 bits per heavy atom. The van der Waals surface area contributed by atoms with Gasteiger partial charge in [-0.1, -0.05) is 88.9 Å². The van der Waals surface area contributed by atoms with E-state index in [9.17, 15) is 18.0 Å². The summed E-state index contributed by atoms with van der Waals surface area (Å²) in [6.45, 7) is 1.05. The van der Waals surface area contributed by atoms with E-state index in [1.54, 1.807) is 30.3 Å². The van der Waals surface area contributed by atoms with Crippen molar-refractivity contribution in [1.29, 1.82) is 0 Å². The fourth-order valence-corrected chi connectivity index (χ4v) is 6.81. The summed E-state index contributed by atoms with van der Waals surface area (Å²) in [6, 6.07) is 23.8. The number of carbonyl (C=O) groups is 2. The van der Waals surface area contributed by atoms with Crippen LogP contribution in [0.4, 0.5) is 5.69 Å². The molecular weight excluding hydrogens is 657 g/mol. The maximum absolute atomic E-state index is 14.5. The Labute approximate surface area is 278 Å². The number of nitrogens with one attached hydrogen (secondary N) is 1. The summed E-state index contributed by atoms with van der Waals surface area (Å²) in [5.41, 5.74) is 2.23. The molecule has 4 aromatic rings. The average Bonchev–Trinajstić information content (AvgIpc) is 3.02. The third-order valence-corrected chi connectivity index (χ3v) is 9.77. The molecule has 1 N–H and O–H groups in total. The van der Waals surface area contributed by atoms with Crippen molar-refractivity contribution >= 4 is 62.3 Å². The highest BCUT2D eigenvalue weighted by molar-refractivity contribution is 7.92. The second-order valence-corrected chi connectivity index (χ2v) is 13.4. The van der Waals surface area contributed by atoms with Gasteiger partial charge < -0.3 is 15.0 Å². The van der Waals surface area contributed by atoms with Gasteiger partial charge in [0.05, 0.1) is 17.7 Å². The van der Waals surface area contributed by atoms with Gasteiger partial charge in [0.1, 0.15) is 18.3 Å². The van der Waals surface area contributed by atoms with Crippen molar-refractivity contribution in [2.45, 2.75) is 30.8 Å². The lowest BCUT2D eigenvalue weighted by Crippen LogP contribution is -2.53. The largest absolute Gasteiger partial charge is 0.495 e. The van der Waals surface area contributed by atoms with Crippen LogP contribution in [0.1, 0.15) is 16.7 Å². The third-order valence-electron chi connectivity index (χ3n) is 7.17. The highest BCUT2D eigenvalue weighted by Gasteiger charge is 2.35. The number of methoxy groups -OCH3 is 1. The quantitative estimate of drug-likeness (QED) is 0.182. The molecule has 0 aliphatic rings. The first-order valence-corrected chi connectivity index (χ1v) is 16.4. The van der Waals surface area contributed by atoms with Gasteiger partial charge in [-0.05, 0) is 60.5 Å². The lowest BCUT2D eigenvalue weighted by Gasteiger charge is -2.34. The summed E-state index contributed by atoms with van der Waals surface area (Å²) >= 11 is 19.0. The predicted molar refractivity (Wildman–Crippen MR) is 179 cm³/mol. The Morgan fingerprint density at radius 3 is 2.16 bits per heavy atom. The molecule has 0 aliphatic carbocycles. The Hall–Kier alpha value is -3.76. The summed E-state index contributed by atoms with van der Waals surface area (Å²) in [5.74, 6) is -0.920. The van der Waals surface area contributed by atoms with Gasteiger partial charge in [0.2, 0.25) is 11.8 Å². The molecule has 4 aromatic carbocycles. The van der Waals surface area contributed by atoms with E-state index in [4.69, 9.17) is 39.5 Å².